The maximum Gasteiger partial charge on any atom is 0.191 e. The van der Waals surface area contributed by atoms with Crippen molar-refractivity contribution >= 4 is 5.96 Å². The summed E-state index contributed by atoms with van der Waals surface area (Å²) in [5.41, 5.74) is 0.755. The van der Waals surface area contributed by atoms with Gasteiger partial charge < -0.3 is 24.9 Å². The van der Waals surface area contributed by atoms with E-state index in [0.29, 0.717) is 31.4 Å². The molecule has 3 aromatic rings. The number of guanidine groups is 1. The Hall–Kier alpha value is -3.32. The number of ether oxygens (including phenoxy) is 1. The van der Waals surface area contributed by atoms with E-state index in [1.54, 1.807) is 31.5 Å². The molecule has 2 aromatic heterocycles. The number of benzene rings is 1. The zero-order chi connectivity index (χ0) is 21.2. The van der Waals surface area contributed by atoms with Gasteiger partial charge >= 0.3 is 0 Å². The van der Waals surface area contributed by atoms with Crippen LogP contribution in [-0.4, -0.2) is 29.1 Å². The Morgan fingerprint density at radius 2 is 2.07 bits per heavy atom. The van der Waals surface area contributed by atoms with Gasteiger partial charge in [-0.05, 0) is 55.8 Å². The number of hydrogen-bond donors (Lipinski definition) is 3. The van der Waals surface area contributed by atoms with Gasteiger partial charge in [0.15, 0.2) is 5.96 Å². The summed E-state index contributed by atoms with van der Waals surface area (Å²) in [5, 5.41) is 17.0. The van der Waals surface area contributed by atoms with Gasteiger partial charge in [0.2, 0.25) is 0 Å². The standard InChI is InChI=1S/C23H28N4O3/c1-3-24-22(27-17-23(2,28)21-11-7-13-29-21)26-15-18-8-6-10-20(14-18)30-16-19-9-4-5-12-25-19/h4-14,28H,3,15-17H2,1-2H3,(H2,24,26,27). The molecule has 0 bridgehead atoms. The van der Waals surface area contributed by atoms with E-state index in [9.17, 15) is 5.11 Å². The summed E-state index contributed by atoms with van der Waals surface area (Å²) in [7, 11) is 0. The van der Waals surface area contributed by atoms with Crippen LogP contribution in [0.25, 0.3) is 0 Å². The zero-order valence-corrected chi connectivity index (χ0v) is 17.3. The van der Waals surface area contributed by atoms with Crippen molar-refractivity contribution in [2.24, 2.45) is 4.99 Å². The van der Waals surface area contributed by atoms with Crippen LogP contribution in [0.3, 0.4) is 0 Å². The smallest absolute Gasteiger partial charge is 0.191 e. The number of nitrogens with one attached hydrogen (secondary N) is 2. The first kappa shape index (κ1) is 21.4. The van der Waals surface area contributed by atoms with E-state index in [1.807, 2.05) is 49.4 Å². The summed E-state index contributed by atoms with van der Waals surface area (Å²) in [6.07, 6.45) is 3.30. The molecule has 0 fully saturated rings. The van der Waals surface area contributed by atoms with Crippen molar-refractivity contribution in [2.45, 2.75) is 32.6 Å². The highest BCUT2D eigenvalue weighted by Crippen LogP contribution is 2.20. The van der Waals surface area contributed by atoms with Crippen LogP contribution in [-0.2, 0) is 18.8 Å². The number of rotatable bonds is 9. The van der Waals surface area contributed by atoms with E-state index in [2.05, 4.69) is 20.6 Å². The van der Waals surface area contributed by atoms with E-state index in [1.165, 1.54) is 0 Å². The molecule has 7 nitrogen and oxygen atoms in total. The summed E-state index contributed by atoms with van der Waals surface area (Å²) in [6, 6.07) is 17.1. The van der Waals surface area contributed by atoms with E-state index in [0.717, 1.165) is 17.0 Å². The van der Waals surface area contributed by atoms with Gasteiger partial charge in [0.25, 0.3) is 0 Å². The van der Waals surface area contributed by atoms with Crippen LogP contribution in [0.15, 0.2) is 76.5 Å². The van der Waals surface area contributed by atoms with Crippen LogP contribution < -0.4 is 15.4 Å². The highest BCUT2D eigenvalue weighted by Gasteiger charge is 2.26. The highest BCUT2D eigenvalue weighted by atomic mass is 16.5. The Morgan fingerprint density at radius 1 is 1.17 bits per heavy atom. The minimum atomic E-state index is -1.14. The van der Waals surface area contributed by atoms with Crippen molar-refractivity contribution in [3.05, 3.63) is 84.1 Å². The molecular formula is C23H28N4O3. The first-order valence-electron chi connectivity index (χ1n) is 9.97. The Balaban J connectivity index is 1.58. The average Bonchev–Trinajstić information content (AvgIpc) is 3.31. The molecule has 2 heterocycles. The number of hydrogen-bond acceptors (Lipinski definition) is 5. The predicted molar refractivity (Wildman–Crippen MR) is 116 cm³/mol. The Kier molecular flexibility index (Phi) is 7.45. The van der Waals surface area contributed by atoms with E-state index < -0.39 is 5.60 Å². The second-order valence-electron chi connectivity index (χ2n) is 7.06. The van der Waals surface area contributed by atoms with Crippen LogP contribution in [0.1, 0.15) is 30.9 Å². The number of aliphatic hydroxyl groups is 1. The fraction of sp³-hybridized carbons (Fsp3) is 0.304. The molecule has 0 aliphatic carbocycles. The molecule has 30 heavy (non-hydrogen) atoms. The zero-order valence-electron chi connectivity index (χ0n) is 17.3. The maximum atomic E-state index is 10.6. The van der Waals surface area contributed by atoms with E-state index in [-0.39, 0.29) is 6.54 Å². The predicted octanol–water partition coefficient (Wildman–Crippen LogP) is 3.22. The summed E-state index contributed by atoms with van der Waals surface area (Å²) >= 11 is 0. The van der Waals surface area contributed by atoms with Gasteiger partial charge in [0.1, 0.15) is 23.7 Å². The molecule has 1 aromatic carbocycles. The molecule has 0 aliphatic heterocycles. The van der Waals surface area contributed by atoms with Gasteiger partial charge in [-0.2, -0.15) is 0 Å². The van der Waals surface area contributed by atoms with Crippen LogP contribution in [0.5, 0.6) is 5.75 Å². The van der Waals surface area contributed by atoms with Crippen molar-refractivity contribution in [3.63, 3.8) is 0 Å². The lowest BCUT2D eigenvalue weighted by Crippen LogP contribution is -2.44. The van der Waals surface area contributed by atoms with Gasteiger partial charge in [-0.3, -0.25) is 4.98 Å². The number of pyridine rings is 1. The molecule has 3 N–H and O–H groups in total. The number of nitrogens with zero attached hydrogens (tertiary/aromatic N) is 2. The molecular weight excluding hydrogens is 380 g/mol. The third-order valence-corrected chi connectivity index (χ3v) is 4.43. The monoisotopic (exact) mass is 408 g/mol. The van der Waals surface area contributed by atoms with Crippen molar-refractivity contribution in [2.75, 3.05) is 13.1 Å². The molecule has 0 saturated heterocycles. The van der Waals surface area contributed by atoms with Crippen molar-refractivity contribution in [1.82, 2.24) is 15.6 Å². The minimum Gasteiger partial charge on any atom is -0.487 e. The molecule has 7 heteroatoms. The highest BCUT2D eigenvalue weighted by molar-refractivity contribution is 5.79. The topological polar surface area (TPSA) is 91.9 Å². The maximum absolute atomic E-state index is 10.6. The Labute approximate surface area is 176 Å². The number of furan rings is 1. The molecule has 0 spiro atoms. The Bertz CT molecular complexity index is 925. The SMILES string of the molecule is CCNC(=NCc1cccc(OCc2ccccn2)c1)NCC(C)(O)c1ccco1. The van der Waals surface area contributed by atoms with Gasteiger partial charge in [0, 0.05) is 12.7 Å². The molecule has 3 rings (SSSR count). The number of aliphatic imine (C=N–C) groups is 1. The Morgan fingerprint density at radius 3 is 2.80 bits per heavy atom. The minimum absolute atomic E-state index is 0.263. The molecule has 1 atom stereocenters. The lowest BCUT2D eigenvalue weighted by Gasteiger charge is -2.22. The summed E-state index contributed by atoms with van der Waals surface area (Å²) in [6.45, 7) is 5.55. The lowest BCUT2D eigenvalue weighted by molar-refractivity contribution is 0.0386. The second kappa shape index (κ2) is 10.5. The molecule has 0 amide bonds. The van der Waals surface area contributed by atoms with E-state index >= 15 is 0 Å². The molecule has 0 saturated carbocycles. The van der Waals surface area contributed by atoms with Crippen LogP contribution >= 0.6 is 0 Å². The third-order valence-electron chi connectivity index (χ3n) is 4.43. The van der Waals surface area contributed by atoms with Crippen LogP contribution in [0.2, 0.25) is 0 Å². The lowest BCUT2D eigenvalue weighted by atomic mass is 10.0. The van der Waals surface area contributed by atoms with Gasteiger partial charge in [0.05, 0.1) is 25.0 Å². The molecule has 0 radical (unpaired) electrons. The normalized spacial score (nSPS) is 13.5. The third kappa shape index (κ3) is 6.35. The molecule has 1 unspecified atom stereocenters. The van der Waals surface area contributed by atoms with Gasteiger partial charge in [-0.15, -0.1) is 0 Å². The molecule has 0 aliphatic rings. The van der Waals surface area contributed by atoms with E-state index in [4.69, 9.17) is 9.15 Å². The van der Waals surface area contributed by atoms with Crippen molar-refractivity contribution < 1.29 is 14.3 Å². The quantitative estimate of drug-likeness (QED) is 0.372. The van der Waals surface area contributed by atoms with Crippen molar-refractivity contribution in [1.29, 1.82) is 0 Å². The van der Waals surface area contributed by atoms with Crippen LogP contribution in [0.4, 0.5) is 0 Å². The largest absolute Gasteiger partial charge is 0.487 e. The first-order chi connectivity index (χ1) is 14.6. The van der Waals surface area contributed by atoms with Crippen molar-refractivity contribution in [3.8, 4) is 5.75 Å². The fourth-order valence-corrected chi connectivity index (χ4v) is 2.81. The fourth-order valence-electron chi connectivity index (χ4n) is 2.81. The first-order valence-corrected chi connectivity index (χ1v) is 9.97. The second-order valence-corrected chi connectivity index (χ2v) is 7.06. The summed E-state index contributed by atoms with van der Waals surface area (Å²) < 4.78 is 11.2. The summed E-state index contributed by atoms with van der Waals surface area (Å²) in [5.74, 6) is 1.89. The van der Waals surface area contributed by atoms with Crippen LogP contribution in [0, 0.1) is 0 Å². The van der Waals surface area contributed by atoms with Gasteiger partial charge in [-0.1, -0.05) is 18.2 Å². The molecule has 158 valence electrons. The average molecular weight is 409 g/mol. The summed E-state index contributed by atoms with van der Waals surface area (Å²) in [4.78, 5) is 8.88. The number of aromatic nitrogens is 1. The van der Waals surface area contributed by atoms with Gasteiger partial charge in [-0.25, -0.2) is 4.99 Å².